The van der Waals surface area contributed by atoms with Gasteiger partial charge in [0.25, 0.3) is 0 Å². The maximum absolute atomic E-state index is 12.7. The Labute approximate surface area is 159 Å². The van der Waals surface area contributed by atoms with Crippen molar-refractivity contribution in [2.45, 2.75) is 29.6 Å². The third kappa shape index (κ3) is 5.20. The second-order valence-electron chi connectivity index (χ2n) is 6.27. The van der Waals surface area contributed by atoms with Crippen molar-refractivity contribution < 1.29 is 17.9 Å². The highest BCUT2D eigenvalue weighted by Crippen LogP contribution is 2.21. The minimum atomic E-state index is -3.48. The van der Waals surface area contributed by atoms with E-state index >= 15 is 0 Å². The fourth-order valence-electron chi connectivity index (χ4n) is 2.91. The first kappa shape index (κ1) is 19.6. The smallest absolute Gasteiger partial charge is 0.243 e. The monoisotopic (exact) mass is 399 g/mol. The molecule has 2 aliphatic rings. The van der Waals surface area contributed by atoms with Crippen LogP contribution in [0.15, 0.2) is 34.2 Å². The number of rotatable bonds is 6. The first-order chi connectivity index (χ1) is 12.6. The molecule has 0 saturated carbocycles. The van der Waals surface area contributed by atoms with Gasteiger partial charge in [-0.15, -0.1) is 0 Å². The fourth-order valence-corrected chi connectivity index (χ4v) is 5.05. The molecule has 0 unspecified atom stereocenters. The lowest BCUT2D eigenvalue weighted by Crippen LogP contribution is -2.40. The van der Waals surface area contributed by atoms with Gasteiger partial charge in [0.1, 0.15) is 0 Å². The zero-order chi connectivity index (χ0) is 18.4. The van der Waals surface area contributed by atoms with Crippen molar-refractivity contribution in [3.63, 3.8) is 0 Å². The van der Waals surface area contributed by atoms with E-state index in [2.05, 4.69) is 4.99 Å². The molecule has 26 heavy (non-hydrogen) atoms. The summed E-state index contributed by atoms with van der Waals surface area (Å²) >= 11 is 1.41. The number of hydrogen-bond donors (Lipinski definition) is 1. The Hall–Kier alpha value is -1.13. The molecule has 0 bridgehead atoms. The third-order valence-electron chi connectivity index (χ3n) is 4.37. The molecule has 0 amide bonds. The average molecular weight is 400 g/mol. The highest BCUT2D eigenvalue weighted by molar-refractivity contribution is 8.13. The Morgan fingerprint density at radius 3 is 2.85 bits per heavy atom. The lowest BCUT2D eigenvalue weighted by atomic mass is 10.2. The van der Waals surface area contributed by atoms with Gasteiger partial charge in [-0.3, -0.25) is 4.99 Å². The number of amidine groups is 1. The molecule has 7 nitrogen and oxygen atoms in total. The second-order valence-corrected chi connectivity index (χ2v) is 9.20. The lowest BCUT2D eigenvalue weighted by molar-refractivity contribution is 0.0730. The van der Waals surface area contributed by atoms with Crippen molar-refractivity contribution in [3.8, 4) is 0 Å². The topological polar surface area (TPSA) is 94.2 Å². The molecule has 1 atom stereocenters. The molecule has 2 fully saturated rings. The van der Waals surface area contributed by atoms with Crippen LogP contribution in [0.5, 0.6) is 0 Å². The molecule has 2 aliphatic heterocycles. The number of ether oxygens (including phenoxy) is 2. The number of nitrogens with zero attached hydrogens (tertiary/aromatic N) is 2. The molecule has 0 aromatic heterocycles. The predicted molar refractivity (Wildman–Crippen MR) is 103 cm³/mol. The summed E-state index contributed by atoms with van der Waals surface area (Å²) < 4.78 is 37.7. The molecular weight excluding hydrogens is 374 g/mol. The van der Waals surface area contributed by atoms with Crippen molar-refractivity contribution in [2.75, 3.05) is 39.5 Å². The highest BCUT2D eigenvalue weighted by Gasteiger charge is 2.26. The summed E-state index contributed by atoms with van der Waals surface area (Å²) in [6.45, 7) is 3.05. The van der Waals surface area contributed by atoms with E-state index in [-0.39, 0.29) is 6.10 Å². The van der Waals surface area contributed by atoms with Crippen LogP contribution in [-0.4, -0.2) is 63.4 Å². The van der Waals surface area contributed by atoms with Crippen molar-refractivity contribution >= 4 is 27.0 Å². The van der Waals surface area contributed by atoms with Crippen LogP contribution in [0.25, 0.3) is 0 Å². The maximum atomic E-state index is 12.7. The van der Waals surface area contributed by atoms with Crippen molar-refractivity contribution in [2.24, 2.45) is 10.7 Å². The lowest BCUT2D eigenvalue weighted by Gasteiger charge is -2.26. The van der Waals surface area contributed by atoms with Gasteiger partial charge in [-0.25, -0.2) is 8.42 Å². The van der Waals surface area contributed by atoms with Crippen LogP contribution in [0.4, 0.5) is 0 Å². The number of nitrogens with two attached hydrogens (primary N) is 1. The van der Waals surface area contributed by atoms with Crippen molar-refractivity contribution in [3.05, 3.63) is 29.8 Å². The van der Waals surface area contributed by atoms with Crippen LogP contribution in [0.1, 0.15) is 18.4 Å². The van der Waals surface area contributed by atoms with Gasteiger partial charge in [-0.1, -0.05) is 23.9 Å². The number of morpholine rings is 1. The van der Waals surface area contributed by atoms with Crippen LogP contribution in [0, 0.1) is 0 Å². The van der Waals surface area contributed by atoms with E-state index in [1.54, 1.807) is 18.2 Å². The molecule has 0 aliphatic carbocycles. The molecule has 1 aromatic rings. The molecule has 2 saturated heterocycles. The molecule has 0 spiro atoms. The summed E-state index contributed by atoms with van der Waals surface area (Å²) in [5.41, 5.74) is 6.86. The van der Waals surface area contributed by atoms with Gasteiger partial charge in [-0.2, -0.15) is 4.31 Å². The average Bonchev–Trinajstić information content (AvgIpc) is 3.19. The highest BCUT2D eigenvalue weighted by atomic mass is 32.2. The van der Waals surface area contributed by atoms with Gasteiger partial charge < -0.3 is 15.2 Å². The largest absolute Gasteiger partial charge is 0.379 e. The minimum absolute atomic E-state index is 0.177. The van der Waals surface area contributed by atoms with Gasteiger partial charge in [0, 0.05) is 25.4 Å². The first-order valence-corrected chi connectivity index (χ1v) is 11.2. The van der Waals surface area contributed by atoms with E-state index in [0.29, 0.717) is 48.7 Å². The van der Waals surface area contributed by atoms with E-state index in [4.69, 9.17) is 15.2 Å². The Balaban J connectivity index is 1.59. The van der Waals surface area contributed by atoms with Crippen LogP contribution < -0.4 is 5.73 Å². The Morgan fingerprint density at radius 1 is 1.31 bits per heavy atom. The van der Waals surface area contributed by atoms with Crippen LogP contribution >= 0.6 is 11.8 Å². The Bertz CT molecular complexity index is 727. The number of benzene rings is 1. The molecule has 0 radical (unpaired) electrons. The normalized spacial score (nSPS) is 22.6. The summed E-state index contributed by atoms with van der Waals surface area (Å²) in [6, 6.07) is 7.01. The van der Waals surface area contributed by atoms with E-state index in [1.807, 2.05) is 6.07 Å². The summed E-state index contributed by atoms with van der Waals surface area (Å²) in [5.74, 6) is 0.577. The first-order valence-electron chi connectivity index (χ1n) is 8.77. The molecule has 3 rings (SSSR count). The SMILES string of the molecule is NC(=NC[C@H]1CCCO1)SCc1cccc(S(=O)(=O)N2CCOCC2)c1. The summed E-state index contributed by atoms with van der Waals surface area (Å²) in [5, 5.41) is 0.502. The molecule has 2 heterocycles. The zero-order valence-electron chi connectivity index (χ0n) is 14.7. The van der Waals surface area contributed by atoms with Crippen molar-refractivity contribution in [1.82, 2.24) is 4.31 Å². The fraction of sp³-hybridized carbons (Fsp3) is 0.588. The summed E-state index contributed by atoms with van der Waals surface area (Å²) in [6.07, 6.45) is 2.29. The molecule has 9 heteroatoms. The van der Waals surface area contributed by atoms with E-state index in [0.717, 1.165) is 25.0 Å². The minimum Gasteiger partial charge on any atom is -0.379 e. The van der Waals surface area contributed by atoms with Crippen LogP contribution in [0.3, 0.4) is 0 Å². The molecule has 1 aromatic carbocycles. The summed E-state index contributed by atoms with van der Waals surface area (Å²) in [7, 11) is -3.48. The van der Waals surface area contributed by atoms with E-state index in [9.17, 15) is 8.42 Å². The number of sulfonamides is 1. The molecule has 2 N–H and O–H groups in total. The quantitative estimate of drug-likeness (QED) is 0.575. The Morgan fingerprint density at radius 2 is 2.12 bits per heavy atom. The molecule has 144 valence electrons. The van der Waals surface area contributed by atoms with Crippen LogP contribution in [-0.2, 0) is 25.2 Å². The number of hydrogen-bond acceptors (Lipinski definition) is 6. The van der Waals surface area contributed by atoms with Gasteiger partial charge in [0.15, 0.2) is 5.17 Å². The predicted octanol–water partition coefficient (Wildman–Crippen LogP) is 1.43. The van der Waals surface area contributed by atoms with Gasteiger partial charge in [0.05, 0.1) is 30.8 Å². The van der Waals surface area contributed by atoms with Gasteiger partial charge >= 0.3 is 0 Å². The second kappa shape index (κ2) is 9.18. The van der Waals surface area contributed by atoms with E-state index < -0.39 is 10.0 Å². The number of aliphatic imine (C=N–C) groups is 1. The maximum Gasteiger partial charge on any atom is 0.243 e. The summed E-state index contributed by atoms with van der Waals surface area (Å²) in [4.78, 5) is 4.67. The standard InChI is InChI=1S/C17H25N3O4S2/c18-17(19-12-15-4-2-8-24-15)25-13-14-3-1-5-16(11-14)26(21,22)20-6-9-23-10-7-20/h1,3,5,11,15H,2,4,6-10,12-13H2,(H2,18,19)/t15-/m1/s1. The Kier molecular flexibility index (Phi) is 6.93. The zero-order valence-corrected chi connectivity index (χ0v) is 16.3. The van der Waals surface area contributed by atoms with Crippen LogP contribution in [0.2, 0.25) is 0 Å². The van der Waals surface area contributed by atoms with Gasteiger partial charge in [0.2, 0.25) is 10.0 Å². The molecular formula is C17H25N3O4S2. The number of thioether (sulfide) groups is 1. The van der Waals surface area contributed by atoms with E-state index in [1.165, 1.54) is 16.1 Å². The van der Waals surface area contributed by atoms with Crippen molar-refractivity contribution in [1.29, 1.82) is 0 Å². The van der Waals surface area contributed by atoms with Gasteiger partial charge in [-0.05, 0) is 30.5 Å². The third-order valence-corrected chi connectivity index (χ3v) is 7.16.